The van der Waals surface area contributed by atoms with Crippen molar-refractivity contribution in [2.24, 2.45) is 0 Å². The van der Waals surface area contributed by atoms with Crippen molar-refractivity contribution in [3.63, 3.8) is 0 Å². The summed E-state index contributed by atoms with van der Waals surface area (Å²) in [4.78, 5) is 9.90. The van der Waals surface area contributed by atoms with Gasteiger partial charge in [0.15, 0.2) is 0 Å². The lowest BCUT2D eigenvalue weighted by Crippen LogP contribution is -2.07. The lowest BCUT2D eigenvalue weighted by atomic mass is 10.1. The van der Waals surface area contributed by atoms with Crippen molar-refractivity contribution < 1.29 is 18.1 Å². The Hall–Kier alpha value is -1.64. The molecule has 5 nitrogen and oxygen atoms in total. The van der Waals surface area contributed by atoms with Crippen LogP contribution < -0.4 is 0 Å². The van der Waals surface area contributed by atoms with E-state index in [2.05, 4.69) is 26.1 Å². The van der Waals surface area contributed by atoms with E-state index in [-0.39, 0.29) is 10.9 Å². The van der Waals surface area contributed by atoms with Gasteiger partial charge in [-0.05, 0) is 22.0 Å². The van der Waals surface area contributed by atoms with Crippen molar-refractivity contribution >= 4 is 32.5 Å². The topological polar surface area (TPSA) is 71.8 Å². The minimum absolute atomic E-state index is 0.0230. The number of rotatable bonds is 1. The number of nitrogens with zero attached hydrogens (tertiary/aromatic N) is 2. The van der Waals surface area contributed by atoms with Crippen molar-refractivity contribution in [2.75, 3.05) is 0 Å². The highest BCUT2D eigenvalue weighted by atomic mass is 79.9. The van der Waals surface area contributed by atoms with E-state index in [1.807, 2.05) is 0 Å². The minimum atomic E-state index is -4.68. The van der Waals surface area contributed by atoms with E-state index in [4.69, 9.17) is 0 Å². The van der Waals surface area contributed by atoms with Gasteiger partial charge in [0.25, 0.3) is 5.69 Å². The van der Waals surface area contributed by atoms with Crippen molar-refractivity contribution in [3.8, 4) is 0 Å². The maximum absolute atomic E-state index is 12.6. The summed E-state index contributed by atoms with van der Waals surface area (Å²) >= 11 is 2.62. The summed E-state index contributed by atoms with van der Waals surface area (Å²) in [6, 6.07) is 0.777. The summed E-state index contributed by atoms with van der Waals surface area (Å²) in [5.41, 5.74) is -1.79. The van der Waals surface area contributed by atoms with Gasteiger partial charge in [-0.2, -0.15) is 18.3 Å². The Morgan fingerprint density at radius 3 is 2.65 bits per heavy atom. The number of nitro benzene ring substituents is 1. The van der Waals surface area contributed by atoms with Gasteiger partial charge in [-0.25, -0.2) is 0 Å². The fourth-order valence-electron chi connectivity index (χ4n) is 1.43. The molecule has 0 radical (unpaired) electrons. The lowest BCUT2D eigenvalue weighted by molar-refractivity contribution is -0.384. The molecule has 1 heterocycles. The molecule has 0 unspecified atom stereocenters. The summed E-state index contributed by atoms with van der Waals surface area (Å²) in [7, 11) is 0. The first-order chi connectivity index (χ1) is 7.82. The van der Waals surface area contributed by atoms with Crippen LogP contribution in [-0.4, -0.2) is 15.1 Å². The number of nitro groups is 1. The van der Waals surface area contributed by atoms with E-state index in [9.17, 15) is 23.3 Å². The summed E-state index contributed by atoms with van der Waals surface area (Å²) in [5.74, 6) is 0. The monoisotopic (exact) mass is 309 g/mol. The molecule has 0 aliphatic rings. The molecule has 2 rings (SSSR count). The number of hydrogen-bond acceptors (Lipinski definition) is 3. The molecule has 90 valence electrons. The van der Waals surface area contributed by atoms with Crippen LogP contribution in [0.4, 0.5) is 18.9 Å². The van der Waals surface area contributed by atoms with Crippen LogP contribution in [0.15, 0.2) is 16.7 Å². The SMILES string of the molecule is O=[N+]([O-])c1c(Br)c(C(F)(F)F)cc2[nH]ncc12. The first kappa shape index (κ1) is 11.8. The zero-order valence-electron chi connectivity index (χ0n) is 7.88. The molecule has 17 heavy (non-hydrogen) atoms. The smallest absolute Gasteiger partial charge is 0.278 e. The lowest BCUT2D eigenvalue weighted by Gasteiger charge is -2.09. The second kappa shape index (κ2) is 3.69. The Kier molecular flexibility index (Phi) is 2.57. The summed E-state index contributed by atoms with van der Waals surface area (Å²) in [6.07, 6.45) is -3.57. The number of nitrogens with one attached hydrogen (secondary N) is 1. The van der Waals surface area contributed by atoms with Crippen molar-refractivity contribution in [3.05, 3.63) is 32.4 Å². The molecule has 1 aromatic heterocycles. The van der Waals surface area contributed by atoms with Crippen LogP contribution in [-0.2, 0) is 6.18 Å². The predicted octanol–water partition coefficient (Wildman–Crippen LogP) is 3.25. The highest BCUT2D eigenvalue weighted by molar-refractivity contribution is 9.10. The second-order valence-corrected chi connectivity index (χ2v) is 3.97. The number of halogens is 4. The molecule has 0 saturated heterocycles. The number of hydrogen-bond donors (Lipinski definition) is 1. The molecule has 2 aromatic rings. The maximum Gasteiger partial charge on any atom is 0.417 e. The molecule has 0 fully saturated rings. The Morgan fingerprint density at radius 2 is 2.12 bits per heavy atom. The van der Waals surface area contributed by atoms with Crippen molar-refractivity contribution in [1.82, 2.24) is 10.2 Å². The predicted molar refractivity (Wildman–Crippen MR) is 55.5 cm³/mol. The highest BCUT2D eigenvalue weighted by Gasteiger charge is 2.37. The van der Waals surface area contributed by atoms with Gasteiger partial charge in [0.1, 0.15) is 4.47 Å². The fraction of sp³-hybridized carbons (Fsp3) is 0.125. The Balaban J connectivity index is 2.89. The fourth-order valence-corrected chi connectivity index (χ4v) is 2.13. The van der Waals surface area contributed by atoms with Crippen molar-refractivity contribution in [2.45, 2.75) is 6.18 Å². The molecule has 0 bridgehead atoms. The van der Waals surface area contributed by atoms with Gasteiger partial charge in [-0.15, -0.1) is 0 Å². The van der Waals surface area contributed by atoms with E-state index in [0.717, 1.165) is 12.3 Å². The van der Waals surface area contributed by atoms with Crippen LogP contribution in [0.5, 0.6) is 0 Å². The number of H-pyrrole nitrogens is 1. The molecular weight excluding hydrogens is 307 g/mol. The van der Waals surface area contributed by atoms with E-state index in [1.165, 1.54) is 0 Å². The second-order valence-electron chi connectivity index (χ2n) is 3.17. The zero-order chi connectivity index (χ0) is 12.8. The number of benzene rings is 1. The summed E-state index contributed by atoms with van der Waals surface area (Å²) in [6.45, 7) is 0. The number of aromatic nitrogens is 2. The third-order valence-corrected chi connectivity index (χ3v) is 2.95. The molecule has 0 saturated carbocycles. The van der Waals surface area contributed by atoms with Crippen LogP contribution in [0.1, 0.15) is 5.56 Å². The first-order valence-corrected chi connectivity index (χ1v) is 4.99. The number of fused-ring (bicyclic) bond motifs is 1. The standard InChI is InChI=1S/C8H3BrF3N3O2/c9-6-4(8(10,11)12)1-5-3(2-13-14-5)7(6)15(16)17/h1-2H,(H,13,14). The summed E-state index contributed by atoms with van der Waals surface area (Å²) < 4.78 is 37.3. The van der Waals surface area contributed by atoms with Crippen LogP contribution in [0.3, 0.4) is 0 Å². The highest BCUT2D eigenvalue weighted by Crippen LogP contribution is 2.42. The van der Waals surface area contributed by atoms with Crippen LogP contribution in [0.2, 0.25) is 0 Å². The van der Waals surface area contributed by atoms with Crippen LogP contribution >= 0.6 is 15.9 Å². The van der Waals surface area contributed by atoms with Gasteiger partial charge in [-0.3, -0.25) is 15.2 Å². The minimum Gasteiger partial charge on any atom is -0.278 e. The average Bonchev–Trinajstić information content (AvgIpc) is 2.61. The number of alkyl halides is 3. The molecule has 0 spiro atoms. The Morgan fingerprint density at radius 1 is 1.47 bits per heavy atom. The molecule has 0 atom stereocenters. The molecule has 9 heteroatoms. The van der Waals surface area contributed by atoms with E-state index in [0.29, 0.717) is 0 Å². The molecule has 0 amide bonds. The molecule has 1 N–H and O–H groups in total. The molecule has 0 aliphatic heterocycles. The van der Waals surface area contributed by atoms with E-state index in [1.54, 1.807) is 0 Å². The molecular formula is C8H3BrF3N3O2. The zero-order valence-corrected chi connectivity index (χ0v) is 9.46. The van der Waals surface area contributed by atoms with Gasteiger partial charge >= 0.3 is 6.18 Å². The maximum atomic E-state index is 12.6. The van der Waals surface area contributed by atoms with E-state index < -0.39 is 26.8 Å². The normalized spacial score (nSPS) is 12.0. The Bertz CT molecular complexity index is 608. The van der Waals surface area contributed by atoms with Crippen LogP contribution in [0.25, 0.3) is 10.9 Å². The molecule has 1 aromatic carbocycles. The number of aromatic amines is 1. The van der Waals surface area contributed by atoms with Gasteiger partial charge in [0.2, 0.25) is 0 Å². The largest absolute Gasteiger partial charge is 0.417 e. The van der Waals surface area contributed by atoms with E-state index >= 15 is 0 Å². The van der Waals surface area contributed by atoms with Gasteiger partial charge in [-0.1, -0.05) is 0 Å². The Labute approximate surface area is 99.9 Å². The average molecular weight is 310 g/mol. The van der Waals surface area contributed by atoms with Crippen molar-refractivity contribution in [1.29, 1.82) is 0 Å². The van der Waals surface area contributed by atoms with Gasteiger partial charge in [0.05, 0.1) is 27.6 Å². The quantitative estimate of drug-likeness (QED) is 0.649. The van der Waals surface area contributed by atoms with Gasteiger partial charge in [0, 0.05) is 0 Å². The third kappa shape index (κ3) is 1.86. The third-order valence-electron chi connectivity index (χ3n) is 2.14. The molecule has 0 aliphatic carbocycles. The van der Waals surface area contributed by atoms with Crippen LogP contribution in [0, 0.1) is 10.1 Å². The first-order valence-electron chi connectivity index (χ1n) is 4.19. The summed E-state index contributed by atoms with van der Waals surface area (Å²) in [5, 5.41) is 16.6. The van der Waals surface area contributed by atoms with Gasteiger partial charge < -0.3 is 0 Å².